The van der Waals surface area contributed by atoms with E-state index in [1.165, 1.54) is 17.7 Å². The van der Waals surface area contributed by atoms with Crippen LogP contribution in [0.4, 0.5) is 4.39 Å². The van der Waals surface area contributed by atoms with E-state index in [0.717, 1.165) is 6.42 Å². The maximum absolute atomic E-state index is 12.8. The normalized spacial score (nSPS) is 12.9. The van der Waals surface area contributed by atoms with E-state index in [9.17, 15) is 4.39 Å². The molecule has 1 aromatic rings. The first kappa shape index (κ1) is 12.2. The van der Waals surface area contributed by atoms with Crippen molar-refractivity contribution in [1.82, 2.24) is 0 Å². The monoisotopic (exact) mass is 208 g/mol. The minimum absolute atomic E-state index is 0.160. The zero-order chi connectivity index (χ0) is 11.7. The summed E-state index contributed by atoms with van der Waals surface area (Å²) in [7, 11) is 0. The number of halogens is 1. The van der Waals surface area contributed by atoms with Crippen molar-refractivity contribution in [2.45, 2.75) is 41.0 Å². The molecule has 15 heavy (non-hydrogen) atoms. The molecule has 0 radical (unpaired) electrons. The van der Waals surface area contributed by atoms with Crippen LogP contribution in [-0.2, 0) is 6.42 Å². The van der Waals surface area contributed by atoms with Gasteiger partial charge in [0.2, 0.25) is 0 Å². The molecule has 0 unspecified atom stereocenters. The molecular formula is C14H21F. The highest BCUT2D eigenvalue weighted by atomic mass is 19.1. The van der Waals surface area contributed by atoms with Gasteiger partial charge < -0.3 is 0 Å². The predicted molar refractivity (Wildman–Crippen MR) is 63.3 cm³/mol. The van der Waals surface area contributed by atoms with Gasteiger partial charge in [-0.25, -0.2) is 4.39 Å². The van der Waals surface area contributed by atoms with E-state index in [0.29, 0.717) is 0 Å². The predicted octanol–water partition coefficient (Wildman–Crippen LogP) is 4.44. The molecule has 1 heteroatoms. The standard InChI is InChI=1S/C14H21F/c1-13(2,3)14(4,5)10-11-6-8-12(15)9-7-11/h6-9H,10H2,1-5H3. The number of rotatable bonds is 2. The summed E-state index contributed by atoms with van der Waals surface area (Å²) in [6.07, 6.45) is 0.983. The fourth-order valence-corrected chi connectivity index (χ4v) is 1.38. The minimum atomic E-state index is -0.160. The SMILES string of the molecule is CC(C)(C)C(C)(C)Cc1ccc(F)cc1. The van der Waals surface area contributed by atoms with Crippen molar-refractivity contribution in [1.29, 1.82) is 0 Å². The molecule has 84 valence electrons. The summed E-state index contributed by atoms with van der Waals surface area (Å²) in [6.45, 7) is 11.3. The van der Waals surface area contributed by atoms with Crippen LogP contribution in [0.25, 0.3) is 0 Å². The molecule has 0 aliphatic carbocycles. The Morgan fingerprint density at radius 3 is 1.80 bits per heavy atom. The largest absolute Gasteiger partial charge is 0.207 e. The quantitative estimate of drug-likeness (QED) is 0.674. The molecule has 0 fully saturated rings. The summed E-state index contributed by atoms with van der Waals surface area (Å²) in [4.78, 5) is 0. The van der Waals surface area contributed by atoms with Gasteiger partial charge in [0, 0.05) is 0 Å². The Balaban J connectivity index is 2.82. The first-order chi connectivity index (χ1) is 6.72. The van der Waals surface area contributed by atoms with E-state index >= 15 is 0 Å². The molecule has 1 rings (SSSR count). The van der Waals surface area contributed by atoms with Crippen LogP contribution in [-0.4, -0.2) is 0 Å². The average Bonchev–Trinajstić information content (AvgIpc) is 2.06. The molecule has 0 saturated carbocycles. The maximum atomic E-state index is 12.8. The van der Waals surface area contributed by atoms with Gasteiger partial charge in [0.25, 0.3) is 0 Å². The van der Waals surface area contributed by atoms with E-state index in [4.69, 9.17) is 0 Å². The zero-order valence-corrected chi connectivity index (χ0v) is 10.4. The van der Waals surface area contributed by atoms with Gasteiger partial charge in [0.15, 0.2) is 0 Å². The third kappa shape index (κ3) is 3.05. The summed E-state index contributed by atoms with van der Waals surface area (Å²) >= 11 is 0. The Morgan fingerprint density at radius 1 is 0.933 bits per heavy atom. The first-order valence-corrected chi connectivity index (χ1v) is 5.47. The second-order valence-electron chi connectivity index (χ2n) is 5.94. The molecule has 0 nitrogen and oxygen atoms in total. The minimum Gasteiger partial charge on any atom is -0.207 e. The molecule has 0 N–H and O–H groups in total. The van der Waals surface area contributed by atoms with E-state index in [1.807, 2.05) is 12.1 Å². The Hall–Kier alpha value is -0.850. The lowest BCUT2D eigenvalue weighted by atomic mass is 9.66. The molecule has 0 aliphatic rings. The van der Waals surface area contributed by atoms with E-state index in [2.05, 4.69) is 34.6 Å². The van der Waals surface area contributed by atoms with E-state index in [-0.39, 0.29) is 16.6 Å². The molecule has 0 amide bonds. The molecule has 0 aliphatic heterocycles. The Bertz CT molecular complexity index is 314. The average molecular weight is 208 g/mol. The Kier molecular flexibility index (Phi) is 3.22. The highest BCUT2D eigenvalue weighted by molar-refractivity contribution is 5.18. The van der Waals surface area contributed by atoms with E-state index < -0.39 is 0 Å². The smallest absolute Gasteiger partial charge is 0.123 e. The zero-order valence-electron chi connectivity index (χ0n) is 10.4. The van der Waals surface area contributed by atoms with Gasteiger partial charge in [-0.15, -0.1) is 0 Å². The topological polar surface area (TPSA) is 0 Å². The van der Waals surface area contributed by atoms with Crippen LogP contribution in [0.15, 0.2) is 24.3 Å². The van der Waals surface area contributed by atoms with Crippen LogP contribution >= 0.6 is 0 Å². The molecule has 0 saturated heterocycles. The Morgan fingerprint density at radius 2 is 1.40 bits per heavy atom. The summed E-state index contributed by atoms with van der Waals surface area (Å²) in [5.41, 5.74) is 1.67. The number of hydrogen-bond acceptors (Lipinski definition) is 0. The van der Waals surface area contributed by atoms with Crippen molar-refractivity contribution >= 4 is 0 Å². The van der Waals surface area contributed by atoms with Crippen LogP contribution in [0.2, 0.25) is 0 Å². The molecule has 0 aromatic heterocycles. The third-order valence-electron chi connectivity index (χ3n) is 3.59. The molecule has 0 atom stereocenters. The number of hydrogen-bond donors (Lipinski definition) is 0. The lowest BCUT2D eigenvalue weighted by molar-refractivity contribution is 0.132. The van der Waals surface area contributed by atoms with Gasteiger partial charge in [-0.3, -0.25) is 0 Å². The van der Waals surface area contributed by atoms with Crippen molar-refractivity contribution in [3.63, 3.8) is 0 Å². The lowest BCUT2D eigenvalue weighted by Crippen LogP contribution is -2.31. The molecular weight excluding hydrogens is 187 g/mol. The molecule has 1 aromatic carbocycles. The molecule has 0 heterocycles. The fraction of sp³-hybridized carbons (Fsp3) is 0.571. The fourth-order valence-electron chi connectivity index (χ4n) is 1.38. The summed E-state index contributed by atoms with van der Waals surface area (Å²) < 4.78 is 12.8. The van der Waals surface area contributed by atoms with Crippen molar-refractivity contribution in [3.8, 4) is 0 Å². The summed E-state index contributed by atoms with van der Waals surface area (Å²) in [6, 6.07) is 6.83. The lowest BCUT2D eigenvalue weighted by Gasteiger charge is -2.39. The first-order valence-electron chi connectivity index (χ1n) is 5.47. The highest BCUT2D eigenvalue weighted by Gasteiger charge is 2.32. The van der Waals surface area contributed by atoms with Crippen molar-refractivity contribution in [2.24, 2.45) is 10.8 Å². The van der Waals surface area contributed by atoms with Crippen molar-refractivity contribution in [2.75, 3.05) is 0 Å². The second kappa shape index (κ2) is 3.96. The summed E-state index contributed by atoms with van der Waals surface area (Å²) in [5, 5.41) is 0. The van der Waals surface area contributed by atoms with Crippen molar-refractivity contribution in [3.05, 3.63) is 35.6 Å². The van der Waals surface area contributed by atoms with Crippen LogP contribution in [0.3, 0.4) is 0 Å². The van der Waals surface area contributed by atoms with E-state index in [1.54, 1.807) is 0 Å². The van der Waals surface area contributed by atoms with Crippen molar-refractivity contribution < 1.29 is 4.39 Å². The van der Waals surface area contributed by atoms with Gasteiger partial charge >= 0.3 is 0 Å². The van der Waals surface area contributed by atoms with Gasteiger partial charge in [-0.1, -0.05) is 46.8 Å². The van der Waals surface area contributed by atoms with Gasteiger partial charge in [0.05, 0.1) is 0 Å². The van der Waals surface area contributed by atoms with Crippen LogP contribution in [0.5, 0.6) is 0 Å². The third-order valence-corrected chi connectivity index (χ3v) is 3.59. The van der Waals surface area contributed by atoms with Crippen LogP contribution in [0, 0.1) is 16.6 Å². The Labute approximate surface area is 92.5 Å². The van der Waals surface area contributed by atoms with Crippen LogP contribution in [0.1, 0.15) is 40.2 Å². The second-order valence-corrected chi connectivity index (χ2v) is 5.94. The maximum Gasteiger partial charge on any atom is 0.123 e. The molecule has 0 spiro atoms. The summed E-state index contributed by atoms with van der Waals surface area (Å²) in [5.74, 6) is -0.160. The van der Waals surface area contributed by atoms with Gasteiger partial charge in [0.1, 0.15) is 5.82 Å². The number of benzene rings is 1. The van der Waals surface area contributed by atoms with Gasteiger partial charge in [-0.2, -0.15) is 0 Å². The van der Waals surface area contributed by atoms with Crippen LogP contribution < -0.4 is 0 Å². The van der Waals surface area contributed by atoms with Gasteiger partial charge in [-0.05, 0) is 34.9 Å². The molecule has 0 bridgehead atoms. The highest BCUT2D eigenvalue weighted by Crippen LogP contribution is 2.40.